The Morgan fingerprint density at radius 3 is 2.48 bits per heavy atom. The molecule has 2 aromatic heterocycles. The van der Waals surface area contributed by atoms with E-state index in [1.807, 2.05) is 25.3 Å². The third-order valence-corrected chi connectivity index (χ3v) is 4.99. The molecule has 5 nitrogen and oxygen atoms in total. The Morgan fingerprint density at radius 2 is 1.84 bits per heavy atom. The van der Waals surface area contributed by atoms with Crippen LogP contribution in [0.15, 0.2) is 22.7 Å². The fourth-order valence-electron chi connectivity index (χ4n) is 3.43. The van der Waals surface area contributed by atoms with Crippen LogP contribution in [-0.4, -0.2) is 23.1 Å². The molecular formula is C20H30N4O. The highest BCUT2D eigenvalue weighted by atomic mass is 16.3. The Bertz CT molecular complexity index is 674. The van der Waals surface area contributed by atoms with Crippen LogP contribution in [0.4, 0.5) is 5.95 Å². The van der Waals surface area contributed by atoms with Crippen molar-refractivity contribution in [3.8, 4) is 0 Å². The van der Waals surface area contributed by atoms with E-state index in [2.05, 4.69) is 29.0 Å². The summed E-state index contributed by atoms with van der Waals surface area (Å²) in [4.78, 5) is 11.8. The van der Waals surface area contributed by atoms with Gasteiger partial charge >= 0.3 is 0 Å². The van der Waals surface area contributed by atoms with Gasteiger partial charge in [0.1, 0.15) is 11.5 Å². The summed E-state index contributed by atoms with van der Waals surface area (Å²) in [5.41, 5.74) is 2.21. The van der Waals surface area contributed by atoms with Crippen molar-refractivity contribution in [3.05, 3.63) is 41.1 Å². The molecule has 0 unspecified atom stereocenters. The number of furan rings is 1. The molecule has 0 amide bonds. The van der Waals surface area contributed by atoms with Gasteiger partial charge in [0.15, 0.2) is 0 Å². The number of aryl methyl sites for hydroxylation is 2. The largest absolute Gasteiger partial charge is 0.465 e. The van der Waals surface area contributed by atoms with Crippen molar-refractivity contribution < 1.29 is 4.42 Å². The molecule has 1 fully saturated rings. The zero-order valence-electron chi connectivity index (χ0n) is 15.7. The topological polar surface area (TPSA) is 54.2 Å². The first kappa shape index (κ1) is 17.9. The van der Waals surface area contributed by atoms with Crippen LogP contribution < -0.4 is 10.2 Å². The molecule has 1 atom stereocenters. The second-order valence-electron chi connectivity index (χ2n) is 7.08. The van der Waals surface area contributed by atoms with Gasteiger partial charge in [0.25, 0.3) is 0 Å². The van der Waals surface area contributed by atoms with Gasteiger partial charge in [-0.15, -0.1) is 0 Å². The van der Waals surface area contributed by atoms with E-state index >= 15 is 0 Å². The molecule has 2 aromatic rings. The van der Waals surface area contributed by atoms with Crippen LogP contribution in [0.5, 0.6) is 0 Å². The summed E-state index contributed by atoms with van der Waals surface area (Å²) in [7, 11) is 0. The second kappa shape index (κ2) is 8.48. The third kappa shape index (κ3) is 4.82. The molecule has 1 aliphatic heterocycles. The fraction of sp³-hybridized carbons (Fsp3) is 0.600. The molecule has 1 aliphatic rings. The quantitative estimate of drug-likeness (QED) is 0.877. The monoisotopic (exact) mass is 342 g/mol. The molecule has 1 saturated heterocycles. The molecule has 0 radical (unpaired) electrons. The first-order valence-electron chi connectivity index (χ1n) is 9.50. The van der Waals surface area contributed by atoms with Crippen molar-refractivity contribution in [2.45, 2.75) is 65.5 Å². The van der Waals surface area contributed by atoms with E-state index in [4.69, 9.17) is 9.40 Å². The highest BCUT2D eigenvalue weighted by Crippen LogP contribution is 2.20. The Kier molecular flexibility index (Phi) is 6.08. The number of hydrogen-bond donors (Lipinski definition) is 1. The lowest BCUT2D eigenvalue weighted by Crippen LogP contribution is -2.29. The maximum absolute atomic E-state index is 5.62. The van der Waals surface area contributed by atoms with E-state index < -0.39 is 0 Å². The molecule has 3 heterocycles. The van der Waals surface area contributed by atoms with E-state index in [0.717, 1.165) is 41.8 Å². The van der Waals surface area contributed by atoms with Gasteiger partial charge in [0.2, 0.25) is 5.95 Å². The standard InChI is InChI=1S/C20H30N4O/c1-15-9-10-18(25-15)13-21-16(2)19-14-22-20(23-17(19)3)24-11-7-5-4-6-8-12-24/h9-10,14,16,21H,4-8,11-13H2,1-3H3/t16-/m1/s1. The molecule has 0 bridgehead atoms. The minimum Gasteiger partial charge on any atom is -0.465 e. The molecule has 5 heteroatoms. The van der Waals surface area contributed by atoms with Crippen LogP contribution in [0.3, 0.4) is 0 Å². The average molecular weight is 342 g/mol. The van der Waals surface area contributed by atoms with Crippen LogP contribution in [0.25, 0.3) is 0 Å². The van der Waals surface area contributed by atoms with Crippen molar-refractivity contribution in [1.82, 2.24) is 15.3 Å². The highest BCUT2D eigenvalue weighted by molar-refractivity contribution is 5.34. The normalized spacial score (nSPS) is 17.2. The Morgan fingerprint density at radius 1 is 1.12 bits per heavy atom. The lowest BCUT2D eigenvalue weighted by molar-refractivity contribution is 0.443. The molecule has 136 valence electrons. The van der Waals surface area contributed by atoms with Crippen LogP contribution in [0.2, 0.25) is 0 Å². The van der Waals surface area contributed by atoms with E-state index in [-0.39, 0.29) is 6.04 Å². The summed E-state index contributed by atoms with van der Waals surface area (Å²) in [5, 5.41) is 3.50. The summed E-state index contributed by atoms with van der Waals surface area (Å²) < 4.78 is 5.62. The van der Waals surface area contributed by atoms with Gasteiger partial charge in [-0.3, -0.25) is 0 Å². The van der Waals surface area contributed by atoms with E-state index in [1.54, 1.807) is 0 Å². The molecule has 0 aromatic carbocycles. The zero-order chi connectivity index (χ0) is 17.6. The van der Waals surface area contributed by atoms with Crippen molar-refractivity contribution in [1.29, 1.82) is 0 Å². The molecule has 0 aliphatic carbocycles. The predicted octanol–water partition coefficient (Wildman–Crippen LogP) is 4.31. The van der Waals surface area contributed by atoms with Crippen LogP contribution in [-0.2, 0) is 6.54 Å². The Labute approximate surface area is 150 Å². The molecule has 0 saturated carbocycles. The fourth-order valence-corrected chi connectivity index (χ4v) is 3.43. The van der Waals surface area contributed by atoms with Crippen LogP contribution in [0, 0.1) is 13.8 Å². The number of aromatic nitrogens is 2. The lowest BCUT2D eigenvalue weighted by Gasteiger charge is -2.25. The first-order valence-corrected chi connectivity index (χ1v) is 9.50. The first-order chi connectivity index (χ1) is 12.1. The van der Waals surface area contributed by atoms with Gasteiger partial charge in [0.05, 0.1) is 6.54 Å². The SMILES string of the molecule is Cc1ccc(CN[C@H](C)c2cnc(N3CCCCCCC3)nc2C)o1. The van der Waals surface area contributed by atoms with Crippen molar-refractivity contribution in [2.75, 3.05) is 18.0 Å². The Hall–Kier alpha value is -1.88. The number of nitrogens with one attached hydrogen (secondary N) is 1. The summed E-state index contributed by atoms with van der Waals surface area (Å²) in [6.45, 7) is 9.06. The molecular weight excluding hydrogens is 312 g/mol. The maximum Gasteiger partial charge on any atom is 0.225 e. The maximum atomic E-state index is 5.62. The number of nitrogens with zero attached hydrogens (tertiary/aromatic N) is 3. The van der Waals surface area contributed by atoms with Crippen LogP contribution in [0.1, 0.15) is 67.8 Å². The van der Waals surface area contributed by atoms with Gasteiger partial charge in [-0.2, -0.15) is 0 Å². The lowest BCUT2D eigenvalue weighted by atomic mass is 10.1. The van der Waals surface area contributed by atoms with Crippen molar-refractivity contribution >= 4 is 5.95 Å². The van der Waals surface area contributed by atoms with Crippen LogP contribution >= 0.6 is 0 Å². The van der Waals surface area contributed by atoms with Crippen molar-refractivity contribution in [2.24, 2.45) is 0 Å². The molecule has 1 N–H and O–H groups in total. The van der Waals surface area contributed by atoms with E-state index in [1.165, 1.54) is 32.1 Å². The number of anilines is 1. The van der Waals surface area contributed by atoms with Gasteiger partial charge in [0, 0.05) is 36.6 Å². The average Bonchev–Trinajstić information content (AvgIpc) is 2.98. The van der Waals surface area contributed by atoms with Gasteiger partial charge in [-0.25, -0.2) is 9.97 Å². The van der Waals surface area contributed by atoms with Gasteiger partial charge < -0.3 is 14.6 Å². The minimum atomic E-state index is 0.187. The summed E-state index contributed by atoms with van der Waals surface area (Å²) in [6, 6.07) is 4.20. The minimum absolute atomic E-state index is 0.187. The van der Waals surface area contributed by atoms with Gasteiger partial charge in [-0.05, 0) is 45.7 Å². The van der Waals surface area contributed by atoms with E-state index in [9.17, 15) is 0 Å². The third-order valence-electron chi connectivity index (χ3n) is 4.99. The summed E-state index contributed by atoms with van der Waals surface area (Å²) in [6.07, 6.45) is 8.48. The number of rotatable bonds is 5. The molecule has 3 rings (SSSR count). The number of hydrogen-bond acceptors (Lipinski definition) is 5. The smallest absolute Gasteiger partial charge is 0.225 e. The predicted molar refractivity (Wildman–Crippen MR) is 101 cm³/mol. The summed E-state index contributed by atoms with van der Waals surface area (Å²) >= 11 is 0. The second-order valence-corrected chi connectivity index (χ2v) is 7.08. The zero-order valence-corrected chi connectivity index (χ0v) is 15.7. The Balaban J connectivity index is 1.63. The molecule has 0 spiro atoms. The summed E-state index contributed by atoms with van der Waals surface area (Å²) in [5.74, 6) is 2.79. The van der Waals surface area contributed by atoms with Crippen molar-refractivity contribution in [3.63, 3.8) is 0 Å². The molecule has 25 heavy (non-hydrogen) atoms. The van der Waals surface area contributed by atoms with Gasteiger partial charge in [-0.1, -0.05) is 19.3 Å². The van der Waals surface area contributed by atoms with E-state index in [0.29, 0.717) is 6.54 Å². The highest BCUT2D eigenvalue weighted by Gasteiger charge is 2.15.